The van der Waals surface area contributed by atoms with Gasteiger partial charge in [0.1, 0.15) is 0 Å². The van der Waals surface area contributed by atoms with Gasteiger partial charge in [0, 0.05) is 6.55 Å². The van der Waals surface area contributed by atoms with E-state index in [1.165, 1.54) is 0 Å². The van der Waals surface area contributed by atoms with E-state index in [1.54, 1.807) is 0 Å². The molecule has 0 aromatic carbocycles. The summed E-state index contributed by atoms with van der Waals surface area (Å²) in [7, 11) is -6.20. The van der Waals surface area contributed by atoms with Crippen LogP contribution >= 0.6 is 7.05 Å². The third kappa shape index (κ3) is 3.67. The van der Waals surface area contributed by atoms with E-state index >= 15 is 0 Å². The highest BCUT2D eigenvalue weighted by Crippen LogP contribution is 2.63. The standard InChI is InChI=1S/C10H24F2NPSi/c1-8(2)14(9(3)4,10(5)6)13-15(7,11)12/h8-10H,1-7H3. The van der Waals surface area contributed by atoms with Crippen molar-refractivity contribution in [1.29, 1.82) is 0 Å². The molecule has 0 N–H and O–H groups in total. The second kappa shape index (κ2) is 5.09. The van der Waals surface area contributed by atoms with Crippen LogP contribution in [-0.2, 0) is 0 Å². The van der Waals surface area contributed by atoms with Crippen molar-refractivity contribution in [2.24, 2.45) is 4.41 Å². The molecule has 0 rings (SSSR count). The van der Waals surface area contributed by atoms with E-state index in [9.17, 15) is 8.22 Å². The predicted octanol–water partition coefficient (Wildman–Crippen LogP) is 4.92. The molecule has 0 aliphatic carbocycles. The Hall–Kier alpha value is 0.307. The van der Waals surface area contributed by atoms with Crippen LogP contribution in [0.3, 0.4) is 0 Å². The smallest absolute Gasteiger partial charge is 0.277 e. The Kier molecular flexibility index (Phi) is 5.20. The van der Waals surface area contributed by atoms with Gasteiger partial charge in [-0.25, -0.2) is 8.22 Å². The van der Waals surface area contributed by atoms with E-state index < -0.39 is 16.0 Å². The summed E-state index contributed by atoms with van der Waals surface area (Å²) in [5.41, 5.74) is 0.780. The summed E-state index contributed by atoms with van der Waals surface area (Å²) in [5.74, 6) is 0. The second-order valence-electron chi connectivity index (χ2n) is 5.02. The summed E-state index contributed by atoms with van der Waals surface area (Å²) in [6.45, 7) is 13.3. The Balaban J connectivity index is 5.65. The van der Waals surface area contributed by atoms with Gasteiger partial charge in [-0.15, -0.1) is 0 Å². The summed E-state index contributed by atoms with van der Waals surface area (Å²) in [4.78, 5) is 0. The molecular formula is C10H24F2NPSi. The van der Waals surface area contributed by atoms with Gasteiger partial charge in [-0.2, -0.15) is 0 Å². The maximum absolute atomic E-state index is 13.3. The van der Waals surface area contributed by atoms with Crippen LogP contribution in [0.2, 0.25) is 6.55 Å². The molecule has 0 atom stereocenters. The Morgan fingerprint density at radius 2 is 1.13 bits per heavy atom. The average molecular weight is 255 g/mol. The molecule has 15 heavy (non-hydrogen) atoms. The highest BCUT2D eigenvalue weighted by atomic mass is 31.2. The van der Waals surface area contributed by atoms with Crippen molar-refractivity contribution in [2.75, 3.05) is 0 Å². The van der Waals surface area contributed by atoms with Crippen molar-refractivity contribution in [3.63, 3.8) is 0 Å². The Morgan fingerprint density at radius 1 is 0.867 bits per heavy atom. The fourth-order valence-corrected chi connectivity index (χ4v) is 11.2. The van der Waals surface area contributed by atoms with Crippen LogP contribution < -0.4 is 0 Å². The molecule has 0 unspecified atom stereocenters. The Labute approximate surface area is 94.2 Å². The minimum Gasteiger partial charge on any atom is -0.277 e. The van der Waals surface area contributed by atoms with Crippen molar-refractivity contribution < 1.29 is 8.22 Å². The molecular weight excluding hydrogens is 231 g/mol. The number of rotatable bonds is 4. The van der Waals surface area contributed by atoms with Crippen molar-refractivity contribution in [3.05, 3.63) is 0 Å². The van der Waals surface area contributed by atoms with Crippen molar-refractivity contribution in [2.45, 2.75) is 65.1 Å². The average Bonchev–Trinajstić information content (AvgIpc) is 1.96. The molecule has 0 heterocycles. The van der Waals surface area contributed by atoms with Gasteiger partial charge in [0.15, 0.2) is 0 Å². The summed E-state index contributed by atoms with van der Waals surface area (Å²) in [6, 6.07) is 0. The molecule has 0 aliphatic rings. The third-order valence-corrected chi connectivity index (χ3v) is 10.6. The lowest BCUT2D eigenvalue weighted by Gasteiger charge is -2.37. The summed E-state index contributed by atoms with van der Waals surface area (Å²) in [6.07, 6.45) is 0. The van der Waals surface area contributed by atoms with Gasteiger partial charge in [0.25, 0.3) is 0 Å². The lowest BCUT2D eigenvalue weighted by Crippen LogP contribution is -2.22. The Morgan fingerprint density at radius 3 is 1.20 bits per heavy atom. The highest BCUT2D eigenvalue weighted by molar-refractivity contribution is 7.69. The first kappa shape index (κ1) is 15.3. The molecule has 0 aliphatic heterocycles. The zero-order chi connectivity index (χ0) is 12.4. The zero-order valence-electron chi connectivity index (χ0n) is 10.9. The number of halogens is 2. The molecule has 0 bridgehead atoms. The lowest BCUT2D eigenvalue weighted by atomic mass is 10.5. The van der Waals surface area contributed by atoms with Crippen molar-refractivity contribution in [1.82, 2.24) is 0 Å². The molecule has 0 aromatic rings. The largest absolute Gasteiger partial charge is 0.550 e. The maximum atomic E-state index is 13.3. The normalized spacial score (nSPS) is 14.1. The van der Waals surface area contributed by atoms with E-state index in [0.29, 0.717) is 0 Å². The van der Waals surface area contributed by atoms with E-state index in [1.807, 2.05) is 41.5 Å². The van der Waals surface area contributed by atoms with Gasteiger partial charge in [0.05, 0.1) is 0 Å². The fourth-order valence-electron chi connectivity index (χ4n) is 2.44. The molecule has 0 saturated heterocycles. The van der Waals surface area contributed by atoms with Crippen LogP contribution in [0.15, 0.2) is 4.41 Å². The summed E-state index contributed by atoms with van der Waals surface area (Å²) >= 11 is 0. The molecule has 0 aromatic heterocycles. The van der Waals surface area contributed by atoms with Crippen LogP contribution in [-0.4, -0.2) is 25.9 Å². The Bertz CT molecular complexity index is 228. The van der Waals surface area contributed by atoms with E-state index in [-0.39, 0.29) is 17.0 Å². The maximum Gasteiger partial charge on any atom is 0.550 e. The molecule has 1 nitrogen and oxygen atoms in total. The van der Waals surface area contributed by atoms with Crippen LogP contribution in [0.5, 0.6) is 0 Å². The monoisotopic (exact) mass is 255 g/mol. The first-order valence-electron chi connectivity index (χ1n) is 5.54. The molecule has 92 valence electrons. The third-order valence-electron chi connectivity index (χ3n) is 2.83. The van der Waals surface area contributed by atoms with Gasteiger partial charge in [-0.05, 0) is 24.0 Å². The molecule has 0 radical (unpaired) electrons. The van der Waals surface area contributed by atoms with Gasteiger partial charge >= 0.3 is 8.90 Å². The van der Waals surface area contributed by atoms with Crippen molar-refractivity contribution in [3.8, 4) is 0 Å². The van der Waals surface area contributed by atoms with Crippen molar-refractivity contribution >= 4 is 16.0 Å². The second-order valence-corrected chi connectivity index (χ2v) is 12.2. The van der Waals surface area contributed by atoms with Crippen LogP contribution in [0.4, 0.5) is 8.22 Å². The van der Waals surface area contributed by atoms with Crippen LogP contribution in [0.1, 0.15) is 41.5 Å². The van der Waals surface area contributed by atoms with E-state index in [4.69, 9.17) is 0 Å². The van der Waals surface area contributed by atoms with Gasteiger partial charge in [-0.1, -0.05) is 41.5 Å². The minimum absolute atomic E-state index is 0.260. The van der Waals surface area contributed by atoms with Gasteiger partial charge in [0.2, 0.25) is 0 Å². The lowest BCUT2D eigenvalue weighted by molar-refractivity contribution is 0.617. The number of hydrogen-bond acceptors (Lipinski definition) is 1. The molecule has 0 spiro atoms. The fraction of sp³-hybridized carbons (Fsp3) is 1.00. The SMILES string of the molecule is CC(C)P(=N[Si](C)(F)F)(C(C)C)C(C)C. The number of hydrogen-bond donors (Lipinski definition) is 0. The van der Waals surface area contributed by atoms with Crippen LogP contribution in [0.25, 0.3) is 0 Å². The predicted molar refractivity (Wildman–Crippen MR) is 68.6 cm³/mol. The van der Waals surface area contributed by atoms with Gasteiger partial charge in [-0.3, -0.25) is 4.41 Å². The zero-order valence-corrected chi connectivity index (χ0v) is 12.8. The number of nitrogens with zero attached hydrogens (tertiary/aromatic N) is 1. The van der Waals surface area contributed by atoms with Crippen LogP contribution in [0, 0.1) is 0 Å². The molecule has 0 fully saturated rings. The highest BCUT2D eigenvalue weighted by Gasteiger charge is 2.38. The minimum atomic E-state index is -4.31. The first-order valence-corrected chi connectivity index (χ1v) is 9.69. The molecule has 0 saturated carbocycles. The first-order chi connectivity index (χ1) is 6.54. The molecule has 5 heteroatoms. The topological polar surface area (TPSA) is 12.4 Å². The van der Waals surface area contributed by atoms with E-state index in [0.717, 1.165) is 6.55 Å². The molecule has 0 amide bonds. The van der Waals surface area contributed by atoms with Gasteiger partial charge < -0.3 is 0 Å². The summed E-state index contributed by atoms with van der Waals surface area (Å²) < 4.78 is 30.7. The summed E-state index contributed by atoms with van der Waals surface area (Å²) in [5, 5.41) is 0. The van der Waals surface area contributed by atoms with E-state index in [2.05, 4.69) is 4.41 Å². The quantitative estimate of drug-likeness (QED) is 0.384.